The van der Waals surface area contributed by atoms with Gasteiger partial charge in [0.1, 0.15) is 0 Å². The van der Waals surface area contributed by atoms with E-state index in [-0.39, 0.29) is 18.7 Å². The molecule has 2 aliphatic heterocycles. The van der Waals surface area contributed by atoms with E-state index >= 15 is 0 Å². The van der Waals surface area contributed by atoms with E-state index in [0.717, 1.165) is 23.4 Å². The summed E-state index contributed by atoms with van der Waals surface area (Å²) in [5.41, 5.74) is 3.77. The molecule has 0 saturated heterocycles. The normalized spacial score (nSPS) is 16.6. The molecule has 0 bridgehead atoms. The molecule has 1 unspecified atom stereocenters. The maximum Gasteiger partial charge on any atom is 0.254 e. The largest absolute Gasteiger partial charge is 0.454 e. The summed E-state index contributed by atoms with van der Waals surface area (Å²) in [7, 11) is 0. The zero-order valence-electron chi connectivity index (χ0n) is 16.0. The highest BCUT2D eigenvalue weighted by molar-refractivity contribution is 5.93. The van der Waals surface area contributed by atoms with Crippen LogP contribution in [0.15, 0.2) is 54.9 Å². The van der Waals surface area contributed by atoms with E-state index in [1.807, 2.05) is 30.3 Å². The first kappa shape index (κ1) is 17.5. The van der Waals surface area contributed by atoms with Crippen molar-refractivity contribution >= 4 is 17.5 Å². The predicted molar refractivity (Wildman–Crippen MR) is 108 cm³/mol. The third kappa shape index (κ3) is 3.24. The van der Waals surface area contributed by atoms with Crippen LogP contribution in [0.5, 0.6) is 11.5 Å². The number of anilines is 2. The van der Waals surface area contributed by atoms with Gasteiger partial charge in [0.15, 0.2) is 11.5 Å². The van der Waals surface area contributed by atoms with Crippen molar-refractivity contribution in [3.63, 3.8) is 0 Å². The molecule has 1 N–H and O–H groups in total. The number of benzene rings is 2. The van der Waals surface area contributed by atoms with Gasteiger partial charge in [0.25, 0.3) is 5.91 Å². The van der Waals surface area contributed by atoms with Crippen LogP contribution in [0.2, 0.25) is 0 Å². The van der Waals surface area contributed by atoms with Gasteiger partial charge in [0, 0.05) is 30.7 Å². The van der Waals surface area contributed by atoms with E-state index in [1.54, 1.807) is 12.4 Å². The summed E-state index contributed by atoms with van der Waals surface area (Å²) in [6, 6.07) is 14.2. The first-order valence-electron chi connectivity index (χ1n) is 9.55. The fourth-order valence-corrected chi connectivity index (χ4v) is 3.77. The van der Waals surface area contributed by atoms with Gasteiger partial charge >= 0.3 is 0 Å². The van der Waals surface area contributed by atoms with Crippen LogP contribution in [0.4, 0.5) is 11.6 Å². The number of rotatable bonds is 4. The number of amides is 1. The van der Waals surface area contributed by atoms with Gasteiger partial charge in [0.2, 0.25) is 12.7 Å². The summed E-state index contributed by atoms with van der Waals surface area (Å²) >= 11 is 0. The molecule has 0 radical (unpaired) electrons. The van der Waals surface area contributed by atoms with Crippen LogP contribution in [0.25, 0.3) is 0 Å². The number of hydrogen-bond acceptors (Lipinski definition) is 6. The number of para-hydroxylation sites is 1. The molecule has 0 spiro atoms. The average Bonchev–Trinajstić information content (AvgIpc) is 3.35. The smallest absolute Gasteiger partial charge is 0.254 e. The van der Waals surface area contributed by atoms with E-state index in [9.17, 15) is 4.79 Å². The van der Waals surface area contributed by atoms with Crippen molar-refractivity contribution in [1.29, 1.82) is 0 Å². The Morgan fingerprint density at radius 2 is 1.93 bits per heavy atom. The number of carbonyl (C=O) groups is 1. The van der Waals surface area contributed by atoms with Crippen molar-refractivity contribution in [3.05, 3.63) is 71.5 Å². The van der Waals surface area contributed by atoms with E-state index in [1.165, 1.54) is 5.56 Å². The number of ether oxygens (including phenoxy) is 2. The topological polar surface area (TPSA) is 76.6 Å². The number of carbonyl (C=O) groups excluding carboxylic acids is 1. The summed E-state index contributed by atoms with van der Waals surface area (Å²) in [4.78, 5) is 23.5. The maximum atomic E-state index is 12.5. The Labute approximate surface area is 168 Å². The van der Waals surface area contributed by atoms with Gasteiger partial charge in [-0.05, 0) is 42.7 Å². The summed E-state index contributed by atoms with van der Waals surface area (Å²) in [5.74, 6) is 1.81. The van der Waals surface area contributed by atoms with Crippen LogP contribution in [0, 0.1) is 0 Å². The summed E-state index contributed by atoms with van der Waals surface area (Å²) in [6.07, 6.45) is 4.10. The minimum atomic E-state index is -0.218. The molecule has 5 rings (SSSR count). The second-order valence-corrected chi connectivity index (χ2v) is 7.19. The van der Waals surface area contributed by atoms with Crippen molar-refractivity contribution < 1.29 is 14.3 Å². The highest BCUT2D eigenvalue weighted by atomic mass is 16.7. The number of nitrogens with one attached hydrogen (secondary N) is 1. The van der Waals surface area contributed by atoms with E-state index in [2.05, 4.69) is 39.2 Å². The van der Waals surface area contributed by atoms with Gasteiger partial charge < -0.3 is 19.7 Å². The third-order valence-corrected chi connectivity index (χ3v) is 5.21. The van der Waals surface area contributed by atoms with Crippen molar-refractivity contribution in [2.45, 2.75) is 25.9 Å². The van der Waals surface area contributed by atoms with Gasteiger partial charge in [-0.2, -0.15) is 0 Å². The monoisotopic (exact) mass is 388 g/mol. The first-order chi connectivity index (χ1) is 14.2. The minimum absolute atomic E-state index is 0.218. The standard InChI is InChI=1S/C22H20N4O3/c1-14-8-16-4-2-3-5-18(16)26(14)22-24-11-17(12-25-22)21(27)23-10-15-6-7-19-20(9-15)29-13-28-19/h2-7,9,11-12,14H,8,10,13H2,1H3,(H,23,27). The molecule has 2 aromatic carbocycles. The van der Waals surface area contributed by atoms with Crippen LogP contribution in [0.1, 0.15) is 28.4 Å². The van der Waals surface area contributed by atoms with Crippen molar-refractivity contribution in [1.82, 2.24) is 15.3 Å². The van der Waals surface area contributed by atoms with Gasteiger partial charge in [-0.1, -0.05) is 24.3 Å². The molecular formula is C22H20N4O3. The highest BCUT2D eigenvalue weighted by Gasteiger charge is 2.28. The van der Waals surface area contributed by atoms with Gasteiger partial charge in [-0.15, -0.1) is 0 Å². The van der Waals surface area contributed by atoms with Crippen LogP contribution in [-0.4, -0.2) is 28.7 Å². The summed E-state index contributed by atoms with van der Waals surface area (Å²) in [6.45, 7) is 2.76. The molecule has 1 amide bonds. The van der Waals surface area contributed by atoms with Crippen molar-refractivity contribution in [2.75, 3.05) is 11.7 Å². The molecular weight excluding hydrogens is 368 g/mol. The van der Waals surface area contributed by atoms with Crippen LogP contribution in [-0.2, 0) is 13.0 Å². The molecule has 29 heavy (non-hydrogen) atoms. The first-order valence-corrected chi connectivity index (χ1v) is 9.55. The lowest BCUT2D eigenvalue weighted by atomic mass is 10.1. The second-order valence-electron chi connectivity index (χ2n) is 7.19. The molecule has 7 heteroatoms. The van der Waals surface area contributed by atoms with Crippen LogP contribution < -0.4 is 19.7 Å². The molecule has 1 atom stereocenters. The van der Waals surface area contributed by atoms with Crippen molar-refractivity contribution in [3.8, 4) is 11.5 Å². The Bertz CT molecular complexity index is 1070. The fraction of sp³-hybridized carbons (Fsp3) is 0.227. The van der Waals surface area contributed by atoms with E-state index in [0.29, 0.717) is 23.8 Å². The lowest BCUT2D eigenvalue weighted by Gasteiger charge is -2.22. The van der Waals surface area contributed by atoms with E-state index < -0.39 is 0 Å². The number of fused-ring (bicyclic) bond motifs is 2. The molecule has 1 aromatic heterocycles. The SMILES string of the molecule is CC1Cc2ccccc2N1c1ncc(C(=O)NCc2ccc3c(c2)OCO3)cn1. The Balaban J connectivity index is 1.27. The lowest BCUT2D eigenvalue weighted by molar-refractivity contribution is 0.0950. The number of nitrogens with zero attached hydrogens (tertiary/aromatic N) is 3. The lowest BCUT2D eigenvalue weighted by Crippen LogP contribution is -2.27. The number of hydrogen-bond donors (Lipinski definition) is 1. The van der Waals surface area contributed by atoms with Gasteiger partial charge in [-0.25, -0.2) is 9.97 Å². The van der Waals surface area contributed by atoms with Crippen LogP contribution >= 0.6 is 0 Å². The molecule has 3 heterocycles. The average molecular weight is 388 g/mol. The Morgan fingerprint density at radius 3 is 2.79 bits per heavy atom. The maximum absolute atomic E-state index is 12.5. The molecule has 146 valence electrons. The predicted octanol–water partition coefficient (Wildman–Crippen LogP) is 3.22. The Hall–Kier alpha value is -3.61. The summed E-state index contributed by atoms with van der Waals surface area (Å²) in [5, 5.41) is 2.89. The Kier molecular flexibility index (Phi) is 4.27. The highest BCUT2D eigenvalue weighted by Crippen LogP contribution is 2.36. The third-order valence-electron chi connectivity index (χ3n) is 5.21. The molecule has 2 aliphatic rings. The Morgan fingerprint density at radius 1 is 1.14 bits per heavy atom. The van der Waals surface area contributed by atoms with Gasteiger partial charge in [0.05, 0.1) is 5.56 Å². The van der Waals surface area contributed by atoms with Crippen LogP contribution in [0.3, 0.4) is 0 Å². The summed E-state index contributed by atoms with van der Waals surface area (Å²) < 4.78 is 10.7. The fourth-order valence-electron chi connectivity index (χ4n) is 3.77. The number of aromatic nitrogens is 2. The molecule has 3 aromatic rings. The molecule has 7 nitrogen and oxygen atoms in total. The zero-order chi connectivity index (χ0) is 19.8. The quantitative estimate of drug-likeness (QED) is 0.740. The minimum Gasteiger partial charge on any atom is -0.454 e. The van der Waals surface area contributed by atoms with E-state index in [4.69, 9.17) is 9.47 Å². The molecule has 0 aliphatic carbocycles. The van der Waals surface area contributed by atoms with Gasteiger partial charge in [-0.3, -0.25) is 4.79 Å². The van der Waals surface area contributed by atoms with Crippen molar-refractivity contribution in [2.24, 2.45) is 0 Å². The second kappa shape index (κ2) is 7.09. The molecule has 0 fully saturated rings. The molecule has 0 saturated carbocycles. The zero-order valence-corrected chi connectivity index (χ0v) is 16.0.